The Hall–Kier alpha value is -2.44. The predicted octanol–water partition coefficient (Wildman–Crippen LogP) is 3.74. The SMILES string of the molecule is CC(C)n1ncc2c(C(=O)OCC(=O)NCC3CCCCC3)cc(C3CC3)nc21. The average Bonchev–Trinajstić information content (AvgIpc) is 3.49. The molecular weight excluding hydrogens is 368 g/mol. The highest BCUT2D eigenvalue weighted by Crippen LogP contribution is 2.40. The molecule has 1 amide bonds. The lowest BCUT2D eigenvalue weighted by Crippen LogP contribution is -2.33. The van der Waals surface area contributed by atoms with Crippen LogP contribution in [0.5, 0.6) is 0 Å². The number of ether oxygens (including phenoxy) is 1. The Kier molecular flexibility index (Phi) is 5.83. The van der Waals surface area contributed by atoms with Gasteiger partial charge in [0.1, 0.15) is 0 Å². The van der Waals surface area contributed by atoms with Crippen LogP contribution in [0.4, 0.5) is 0 Å². The minimum atomic E-state index is -0.490. The second-order valence-electron chi connectivity index (χ2n) is 8.67. The molecule has 7 nitrogen and oxygen atoms in total. The molecule has 2 aromatic heterocycles. The van der Waals surface area contributed by atoms with Crippen LogP contribution >= 0.6 is 0 Å². The molecule has 0 bridgehead atoms. The second-order valence-corrected chi connectivity index (χ2v) is 8.67. The normalized spacial score (nSPS) is 17.6. The maximum atomic E-state index is 12.8. The smallest absolute Gasteiger partial charge is 0.339 e. The van der Waals surface area contributed by atoms with E-state index in [1.165, 1.54) is 32.1 Å². The number of pyridine rings is 1. The topological polar surface area (TPSA) is 86.1 Å². The number of fused-ring (bicyclic) bond motifs is 1. The molecular formula is C22H30N4O3. The molecule has 2 fully saturated rings. The number of aromatic nitrogens is 3. The zero-order valence-corrected chi connectivity index (χ0v) is 17.3. The summed E-state index contributed by atoms with van der Waals surface area (Å²) in [4.78, 5) is 29.7. The molecule has 2 aromatic rings. The first-order valence-electron chi connectivity index (χ1n) is 10.8. The first-order valence-corrected chi connectivity index (χ1v) is 10.8. The number of rotatable bonds is 7. The second kappa shape index (κ2) is 8.51. The standard InChI is InChI=1S/C22H30N4O3/c1-14(2)26-21-18(12-24-26)17(10-19(25-21)16-8-9-16)22(28)29-13-20(27)23-11-15-6-4-3-5-7-15/h10,12,14-16H,3-9,11,13H2,1-2H3,(H,23,27). The van der Waals surface area contributed by atoms with E-state index in [0.717, 1.165) is 18.5 Å². The van der Waals surface area contributed by atoms with Crippen molar-refractivity contribution in [2.45, 2.75) is 70.8 Å². The molecule has 2 aliphatic carbocycles. The van der Waals surface area contributed by atoms with E-state index in [4.69, 9.17) is 9.72 Å². The summed E-state index contributed by atoms with van der Waals surface area (Å²) in [6.45, 7) is 4.48. The van der Waals surface area contributed by atoms with E-state index in [9.17, 15) is 9.59 Å². The summed E-state index contributed by atoms with van der Waals surface area (Å²) < 4.78 is 7.18. The fourth-order valence-electron chi connectivity index (χ4n) is 4.08. The molecule has 2 aliphatic rings. The molecule has 4 rings (SSSR count). The van der Waals surface area contributed by atoms with Crippen LogP contribution in [0.1, 0.15) is 86.8 Å². The maximum Gasteiger partial charge on any atom is 0.339 e. The summed E-state index contributed by atoms with van der Waals surface area (Å²) in [5.41, 5.74) is 2.07. The Morgan fingerprint density at radius 3 is 2.66 bits per heavy atom. The van der Waals surface area contributed by atoms with Gasteiger partial charge in [0.15, 0.2) is 12.3 Å². The summed E-state index contributed by atoms with van der Waals surface area (Å²) in [5, 5.41) is 7.99. The molecule has 0 aliphatic heterocycles. The monoisotopic (exact) mass is 398 g/mol. The van der Waals surface area contributed by atoms with Gasteiger partial charge >= 0.3 is 5.97 Å². The van der Waals surface area contributed by atoms with Crippen molar-refractivity contribution in [3.8, 4) is 0 Å². The number of carbonyl (C=O) groups excluding carboxylic acids is 2. The summed E-state index contributed by atoms with van der Waals surface area (Å²) in [7, 11) is 0. The first-order chi connectivity index (χ1) is 14.0. The van der Waals surface area contributed by atoms with Gasteiger partial charge in [-0.1, -0.05) is 19.3 Å². The van der Waals surface area contributed by atoms with Crippen LogP contribution in [0.3, 0.4) is 0 Å². The van der Waals surface area contributed by atoms with Crippen molar-refractivity contribution in [3.05, 3.63) is 23.5 Å². The van der Waals surface area contributed by atoms with E-state index in [1.807, 2.05) is 24.6 Å². The van der Waals surface area contributed by atoms with Gasteiger partial charge in [-0.3, -0.25) is 4.79 Å². The van der Waals surface area contributed by atoms with Crippen LogP contribution in [-0.4, -0.2) is 39.8 Å². The number of carbonyl (C=O) groups is 2. The van der Waals surface area contributed by atoms with Crippen LogP contribution in [0, 0.1) is 5.92 Å². The Morgan fingerprint density at radius 1 is 1.21 bits per heavy atom. The zero-order chi connectivity index (χ0) is 20.4. The van der Waals surface area contributed by atoms with Crippen LogP contribution in [0.25, 0.3) is 11.0 Å². The average molecular weight is 399 g/mol. The van der Waals surface area contributed by atoms with Crippen LogP contribution in [0.15, 0.2) is 12.3 Å². The molecule has 156 valence electrons. The first kappa shape index (κ1) is 19.9. The van der Waals surface area contributed by atoms with Gasteiger partial charge in [-0.2, -0.15) is 5.10 Å². The molecule has 29 heavy (non-hydrogen) atoms. The van der Waals surface area contributed by atoms with Crippen molar-refractivity contribution >= 4 is 22.9 Å². The highest BCUT2D eigenvalue weighted by Gasteiger charge is 2.28. The summed E-state index contributed by atoms with van der Waals surface area (Å²) in [5.74, 6) is 0.219. The molecule has 2 heterocycles. The third-order valence-corrected chi connectivity index (χ3v) is 5.94. The van der Waals surface area contributed by atoms with Crippen LogP contribution in [-0.2, 0) is 9.53 Å². The van der Waals surface area contributed by atoms with Gasteiger partial charge in [-0.05, 0) is 51.5 Å². The van der Waals surface area contributed by atoms with E-state index in [0.29, 0.717) is 35.0 Å². The van der Waals surface area contributed by atoms with E-state index >= 15 is 0 Å². The number of nitrogens with zero attached hydrogens (tertiary/aromatic N) is 3. The van der Waals surface area contributed by atoms with Gasteiger partial charge < -0.3 is 10.1 Å². The van der Waals surface area contributed by atoms with E-state index < -0.39 is 5.97 Å². The zero-order valence-electron chi connectivity index (χ0n) is 17.3. The molecule has 0 aromatic carbocycles. The van der Waals surface area contributed by atoms with E-state index in [1.54, 1.807) is 6.20 Å². The summed E-state index contributed by atoms with van der Waals surface area (Å²) in [6, 6.07) is 1.96. The fraction of sp³-hybridized carbons (Fsp3) is 0.636. The van der Waals surface area contributed by atoms with Gasteiger partial charge in [0, 0.05) is 24.2 Å². The van der Waals surface area contributed by atoms with Gasteiger partial charge in [-0.25, -0.2) is 14.5 Å². The molecule has 0 radical (unpaired) electrons. The quantitative estimate of drug-likeness (QED) is 0.718. The third kappa shape index (κ3) is 4.60. The highest BCUT2D eigenvalue weighted by molar-refractivity contribution is 6.03. The van der Waals surface area contributed by atoms with Gasteiger partial charge in [0.05, 0.1) is 17.1 Å². The van der Waals surface area contributed by atoms with E-state index in [-0.39, 0.29) is 18.6 Å². The molecule has 0 saturated heterocycles. The Bertz CT molecular complexity index is 895. The molecule has 7 heteroatoms. The molecule has 0 atom stereocenters. The maximum absolute atomic E-state index is 12.8. The van der Waals surface area contributed by atoms with Gasteiger partial charge in [0.25, 0.3) is 5.91 Å². The summed E-state index contributed by atoms with van der Waals surface area (Å²) >= 11 is 0. The van der Waals surface area contributed by atoms with Crippen molar-refractivity contribution in [3.63, 3.8) is 0 Å². The third-order valence-electron chi connectivity index (χ3n) is 5.94. The molecule has 2 saturated carbocycles. The van der Waals surface area contributed by atoms with Crippen LogP contribution in [0.2, 0.25) is 0 Å². The van der Waals surface area contributed by atoms with Gasteiger partial charge in [0.2, 0.25) is 0 Å². The van der Waals surface area contributed by atoms with Crippen molar-refractivity contribution < 1.29 is 14.3 Å². The highest BCUT2D eigenvalue weighted by atomic mass is 16.5. The minimum absolute atomic E-state index is 0.142. The van der Waals surface area contributed by atoms with Crippen LogP contribution < -0.4 is 5.32 Å². The Labute approximate surface area is 171 Å². The molecule has 1 N–H and O–H groups in total. The fourth-order valence-corrected chi connectivity index (χ4v) is 4.08. The summed E-state index contributed by atoms with van der Waals surface area (Å²) in [6.07, 6.45) is 9.94. The predicted molar refractivity (Wildman–Crippen MR) is 110 cm³/mol. The largest absolute Gasteiger partial charge is 0.452 e. The van der Waals surface area contributed by atoms with Gasteiger partial charge in [-0.15, -0.1) is 0 Å². The number of esters is 1. The van der Waals surface area contributed by atoms with Crippen molar-refractivity contribution in [1.29, 1.82) is 0 Å². The minimum Gasteiger partial charge on any atom is -0.452 e. The van der Waals surface area contributed by atoms with Crippen molar-refractivity contribution in [2.75, 3.05) is 13.2 Å². The Balaban J connectivity index is 1.43. The lowest BCUT2D eigenvalue weighted by atomic mass is 9.89. The number of amides is 1. The number of hydrogen-bond donors (Lipinski definition) is 1. The van der Waals surface area contributed by atoms with Crippen molar-refractivity contribution in [1.82, 2.24) is 20.1 Å². The molecule has 0 unspecified atom stereocenters. The molecule has 0 spiro atoms. The number of nitrogens with one attached hydrogen (secondary N) is 1. The van der Waals surface area contributed by atoms with Crippen molar-refractivity contribution in [2.24, 2.45) is 5.92 Å². The van der Waals surface area contributed by atoms with E-state index in [2.05, 4.69) is 10.4 Å². The lowest BCUT2D eigenvalue weighted by molar-refractivity contribution is -0.124. The Morgan fingerprint density at radius 2 is 1.97 bits per heavy atom. The number of hydrogen-bond acceptors (Lipinski definition) is 5. The lowest BCUT2D eigenvalue weighted by Gasteiger charge is -2.21.